The summed E-state index contributed by atoms with van der Waals surface area (Å²) in [5.74, 6) is -0.935. The van der Waals surface area contributed by atoms with Crippen LogP contribution >= 0.6 is 0 Å². The van der Waals surface area contributed by atoms with Gasteiger partial charge in [-0.25, -0.2) is 0 Å². The van der Waals surface area contributed by atoms with E-state index >= 15 is 0 Å². The van der Waals surface area contributed by atoms with E-state index in [1.807, 2.05) is 0 Å². The fourth-order valence-corrected chi connectivity index (χ4v) is 2.34. The fraction of sp³-hybridized carbons (Fsp3) is 0.833. The number of carbonyl (C=O) groups excluding carboxylic acids is 1. The minimum atomic E-state index is -0.886. The highest BCUT2D eigenvalue weighted by atomic mass is 16.4. The summed E-state index contributed by atoms with van der Waals surface area (Å²) in [6.45, 7) is 4.23. The molecule has 1 aliphatic heterocycles. The summed E-state index contributed by atoms with van der Waals surface area (Å²) in [4.78, 5) is 24.4. The van der Waals surface area contributed by atoms with Crippen LogP contribution in [0.3, 0.4) is 0 Å². The summed E-state index contributed by atoms with van der Waals surface area (Å²) in [5.41, 5.74) is -0.536. The Kier molecular flexibility index (Phi) is 4.51. The van der Waals surface area contributed by atoms with E-state index in [0.29, 0.717) is 6.54 Å². The molecule has 0 spiro atoms. The van der Waals surface area contributed by atoms with E-state index in [1.165, 1.54) is 0 Å². The molecule has 0 aromatic carbocycles. The minimum Gasteiger partial charge on any atom is -0.481 e. The highest BCUT2D eigenvalue weighted by Gasteiger charge is 2.32. The number of carboxylic acid groups (broad SMARTS) is 1. The molecule has 1 aliphatic rings. The number of aliphatic carboxylic acids is 1. The van der Waals surface area contributed by atoms with Gasteiger partial charge >= 0.3 is 5.97 Å². The van der Waals surface area contributed by atoms with Crippen molar-refractivity contribution in [2.45, 2.75) is 45.6 Å². The van der Waals surface area contributed by atoms with Gasteiger partial charge in [-0.15, -0.1) is 0 Å². The Morgan fingerprint density at radius 2 is 2.00 bits per heavy atom. The average Bonchev–Trinajstić information content (AvgIpc) is 2.61. The molecule has 17 heavy (non-hydrogen) atoms. The predicted octanol–water partition coefficient (Wildman–Crippen LogP) is 0.861. The summed E-state index contributed by atoms with van der Waals surface area (Å²) in [6, 6.07) is -0.0804. The Hall–Kier alpha value is -1.10. The molecule has 1 rings (SSSR count). The molecule has 5 heteroatoms. The fourth-order valence-electron chi connectivity index (χ4n) is 2.34. The quantitative estimate of drug-likeness (QED) is 0.750. The zero-order valence-corrected chi connectivity index (χ0v) is 10.5. The standard InChI is InChI=1S/C12H21NO4/c1-12(2,7-11(16)17)6-10(15)13-5-3-4-9(13)8-14/h9,14H,3-8H2,1-2H3,(H,16,17)/t9-/m0/s1. The Balaban J connectivity index is 2.56. The molecule has 0 unspecified atom stereocenters. The number of hydrogen-bond acceptors (Lipinski definition) is 3. The van der Waals surface area contributed by atoms with Crippen LogP contribution in [0.5, 0.6) is 0 Å². The average molecular weight is 243 g/mol. The van der Waals surface area contributed by atoms with Gasteiger partial charge in [0.2, 0.25) is 5.91 Å². The van der Waals surface area contributed by atoms with Crippen molar-refractivity contribution in [3.05, 3.63) is 0 Å². The van der Waals surface area contributed by atoms with Crippen molar-refractivity contribution in [1.29, 1.82) is 0 Å². The van der Waals surface area contributed by atoms with Gasteiger partial charge in [-0.05, 0) is 18.3 Å². The van der Waals surface area contributed by atoms with Crippen molar-refractivity contribution in [2.75, 3.05) is 13.2 Å². The Bertz CT molecular complexity index is 301. The van der Waals surface area contributed by atoms with Gasteiger partial charge < -0.3 is 15.1 Å². The van der Waals surface area contributed by atoms with Crippen molar-refractivity contribution in [3.8, 4) is 0 Å². The number of rotatable bonds is 5. The van der Waals surface area contributed by atoms with Gasteiger partial charge in [0.15, 0.2) is 0 Å². The molecule has 1 amide bonds. The number of hydrogen-bond donors (Lipinski definition) is 2. The molecule has 0 aliphatic carbocycles. The lowest BCUT2D eigenvalue weighted by Crippen LogP contribution is -2.39. The smallest absolute Gasteiger partial charge is 0.303 e. The lowest BCUT2D eigenvalue weighted by Gasteiger charge is -2.28. The maximum absolute atomic E-state index is 12.0. The normalized spacial score (nSPS) is 20.6. The van der Waals surface area contributed by atoms with E-state index < -0.39 is 11.4 Å². The third-order valence-corrected chi connectivity index (χ3v) is 3.17. The van der Waals surface area contributed by atoms with Crippen molar-refractivity contribution in [1.82, 2.24) is 4.90 Å². The van der Waals surface area contributed by atoms with Gasteiger partial charge in [-0.1, -0.05) is 13.8 Å². The van der Waals surface area contributed by atoms with Gasteiger partial charge in [0, 0.05) is 13.0 Å². The lowest BCUT2D eigenvalue weighted by atomic mass is 9.85. The molecule has 1 atom stereocenters. The number of aliphatic hydroxyl groups is 1. The molecular formula is C12H21NO4. The number of likely N-dealkylation sites (tertiary alicyclic amines) is 1. The Morgan fingerprint density at radius 3 is 2.53 bits per heavy atom. The molecule has 0 radical (unpaired) electrons. The highest BCUT2D eigenvalue weighted by Crippen LogP contribution is 2.28. The largest absolute Gasteiger partial charge is 0.481 e. The molecular weight excluding hydrogens is 222 g/mol. The summed E-state index contributed by atoms with van der Waals surface area (Å²) in [6.07, 6.45) is 1.95. The maximum atomic E-state index is 12.0. The zero-order valence-electron chi connectivity index (χ0n) is 10.5. The van der Waals surface area contributed by atoms with E-state index in [0.717, 1.165) is 12.8 Å². The number of amides is 1. The summed E-state index contributed by atoms with van der Waals surface area (Å²) >= 11 is 0. The molecule has 98 valence electrons. The monoisotopic (exact) mass is 243 g/mol. The van der Waals surface area contributed by atoms with Crippen LogP contribution in [0.1, 0.15) is 39.5 Å². The third-order valence-electron chi connectivity index (χ3n) is 3.17. The topological polar surface area (TPSA) is 77.8 Å². The first-order valence-corrected chi connectivity index (χ1v) is 5.98. The molecule has 5 nitrogen and oxygen atoms in total. The van der Waals surface area contributed by atoms with Crippen LogP contribution < -0.4 is 0 Å². The number of nitrogens with zero attached hydrogens (tertiary/aromatic N) is 1. The predicted molar refractivity (Wildman–Crippen MR) is 62.5 cm³/mol. The first-order chi connectivity index (χ1) is 7.85. The minimum absolute atomic E-state index is 0.00883. The number of aliphatic hydroxyl groups excluding tert-OH is 1. The van der Waals surface area contributed by atoms with Crippen LogP contribution in [0.2, 0.25) is 0 Å². The van der Waals surface area contributed by atoms with Gasteiger partial charge in [-0.3, -0.25) is 9.59 Å². The highest BCUT2D eigenvalue weighted by molar-refractivity contribution is 5.78. The first kappa shape index (κ1) is 14.0. The van der Waals surface area contributed by atoms with Crippen molar-refractivity contribution in [3.63, 3.8) is 0 Å². The SMILES string of the molecule is CC(C)(CC(=O)O)CC(=O)N1CCC[C@H]1CO. The number of carbonyl (C=O) groups is 2. The van der Waals surface area contributed by atoms with Crippen LogP contribution in [0, 0.1) is 5.41 Å². The first-order valence-electron chi connectivity index (χ1n) is 5.98. The Morgan fingerprint density at radius 1 is 1.35 bits per heavy atom. The zero-order chi connectivity index (χ0) is 13.1. The van der Waals surface area contributed by atoms with Crippen LogP contribution in [-0.4, -0.2) is 46.2 Å². The van der Waals surface area contributed by atoms with E-state index in [2.05, 4.69) is 0 Å². The van der Waals surface area contributed by atoms with Crippen LogP contribution in [-0.2, 0) is 9.59 Å². The lowest BCUT2D eigenvalue weighted by molar-refractivity contribution is -0.141. The second kappa shape index (κ2) is 5.49. The van der Waals surface area contributed by atoms with Gasteiger partial charge in [0.05, 0.1) is 19.1 Å². The second-order valence-corrected chi connectivity index (χ2v) is 5.48. The van der Waals surface area contributed by atoms with Crippen LogP contribution in [0.15, 0.2) is 0 Å². The van der Waals surface area contributed by atoms with E-state index in [9.17, 15) is 9.59 Å². The summed E-state index contributed by atoms with van der Waals surface area (Å²) < 4.78 is 0. The molecule has 0 aromatic rings. The Labute approximate surface area is 101 Å². The molecule has 1 fully saturated rings. The molecule has 1 saturated heterocycles. The van der Waals surface area contributed by atoms with Crippen LogP contribution in [0.4, 0.5) is 0 Å². The maximum Gasteiger partial charge on any atom is 0.303 e. The van der Waals surface area contributed by atoms with E-state index in [4.69, 9.17) is 10.2 Å². The van der Waals surface area contributed by atoms with E-state index in [1.54, 1.807) is 18.7 Å². The molecule has 0 aromatic heterocycles. The number of carboxylic acids is 1. The summed E-state index contributed by atoms with van der Waals surface area (Å²) in [5, 5.41) is 17.9. The summed E-state index contributed by atoms with van der Waals surface area (Å²) in [7, 11) is 0. The van der Waals surface area contributed by atoms with Crippen molar-refractivity contribution < 1.29 is 19.8 Å². The van der Waals surface area contributed by atoms with E-state index in [-0.39, 0.29) is 31.4 Å². The van der Waals surface area contributed by atoms with Crippen molar-refractivity contribution in [2.24, 2.45) is 5.41 Å². The van der Waals surface area contributed by atoms with Crippen LogP contribution in [0.25, 0.3) is 0 Å². The van der Waals surface area contributed by atoms with Gasteiger partial charge in [0.1, 0.15) is 0 Å². The van der Waals surface area contributed by atoms with Gasteiger partial charge in [0.25, 0.3) is 0 Å². The second-order valence-electron chi connectivity index (χ2n) is 5.48. The molecule has 1 heterocycles. The van der Waals surface area contributed by atoms with Gasteiger partial charge in [-0.2, -0.15) is 0 Å². The third kappa shape index (κ3) is 4.00. The molecule has 2 N–H and O–H groups in total. The van der Waals surface area contributed by atoms with Crippen molar-refractivity contribution >= 4 is 11.9 Å². The molecule has 0 bridgehead atoms. The molecule has 0 saturated carbocycles.